The molecule has 0 aromatic carbocycles. The van der Waals surface area contributed by atoms with Crippen LogP contribution >= 0.6 is 0 Å². The second-order valence-electron chi connectivity index (χ2n) is 5.45. The smallest absolute Gasteiger partial charge is 0.309 e. The van der Waals surface area contributed by atoms with Crippen LogP contribution in [0.25, 0.3) is 0 Å². The summed E-state index contributed by atoms with van der Waals surface area (Å²) in [6, 6.07) is 0. The predicted octanol–water partition coefficient (Wildman–Crippen LogP) is 2.13. The molecule has 1 saturated carbocycles. The molecule has 1 aliphatic rings. The Bertz CT molecular complexity index is 217. The van der Waals surface area contributed by atoms with E-state index in [0.29, 0.717) is 0 Å². The van der Waals surface area contributed by atoms with Crippen LogP contribution in [0.1, 0.15) is 46.5 Å². The van der Waals surface area contributed by atoms with Crippen LogP contribution in [0, 0.1) is 11.8 Å². The summed E-state index contributed by atoms with van der Waals surface area (Å²) in [5, 5.41) is 9.07. The van der Waals surface area contributed by atoms with Crippen LogP contribution in [0.15, 0.2) is 0 Å². The average molecular weight is 214 g/mol. The molecule has 0 amide bonds. The van der Waals surface area contributed by atoms with Gasteiger partial charge in [0.05, 0.1) is 5.92 Å². The Balaban J connectivity index is 2.45. The summed E-state index contributed by atoms with van der Waals surface area (Å²) in [5.41, 5.74) is -0.400. The van der Waals surface area contributed by atoms with E-state index < -0.39 is 5.60 Å². The highest BCUT2D eigenvalue weighted by molar-refractivity contribution is 5.73. The molecular formula is C12H22O3. The van der Waals surface area contributed by atoms with E-state index in [1.54, 1.807) is 0 Å². The van der Waals surface area contributed by atoms with Gasteiger partial charge in [0.1, 0.15) is 5.60 Å². The standard InChI is InChI=1S/C12H22O3/c1-12(2,3)15-11(14)10-6-4-5-9(7-10)8-13/h9-10,13H,4-8H2,1-3H3. The molecule has 88 valence electrons. The third-order valence-electron chi connectivity index (χ3n) is 2.78. The minimum Gasteiger partial charge on any atom is -0.460 e. The zero-order valence-electron chi connectivity index (χ0n) is 9.95. The molecule has 2 unspecified atom stereocenters. The van der Waals surface area contributed by atoms with Crippen molar-refractivity contribution >= 4 is 5.97 Å². The molecule has 0 spiro atoms. The molecule has 0 aliphatic heterocycles. The summed E-state index contributed by atoms with van der Waals surface area (Å²) in [7, 11) is 0. The summed E-state index contributed by atoms with van der Waals surface area (Å²) in [4.78, 5) is 11.8. The molecule has 3 heteroatoms. The number of carbonyl (C=O) groups is 1. The van der Waals surface area contributed by atoms with Crippen molar-refractivity contribution in [1.29, 1.82) is 0 Å². The molecule has 1 aliphatic carbocycles. The van der Waals surface area contributed by atoms with Gasteiger partial charge in [-0.25, -0.2) is 0 Å². The molecule has 0 aromatic heterocycles. The monoisotopic (exact) mass is 214 g/mol. The lowest BCUT2D eigenvalue weighted by molar-refractivity contribution is -0.161. The van der Waals surface area contributed by atoms with Crippen LogP contribution in [0.2, 0.25) is 0 Å². The van der Waals surface area contributed by atoms with Gasteiger partial charge in [-0.1, -0.05) is 6.42 Å². The Labute approximate surface area is 91.8 Å². The van der Waals surface area contributed by atoms with Gasteiger partial charge in [0, 0.05) is 6.61 Å². The average Bonchev–Trinajstić information content (AvgIpc) is 2.15. The van der Waals surface area contributed by atoms with Gasteiger partial charge in [-0.15, -0.1) is 0 Å². The number of ether oxygens (including phenoxy) is 1. The molecule has 1 fully saturated rings. The Hall–Kier alpha value is -0.570. The first-order chi connectivity index (χ1) is 6.92. The molecule has 0 heterocycles. The first-order valence-corrected chi connectivity index (χ1v) is 5.76. The van der Waals surface area contributed by atoms with Gasteiger partial charge >= 0.3 is 5.97 Å². The molecule has 0 saturated heterocycles. The second kappa shape index (κ2) is 4.97. The van der Waals surface area contributed by atoms with Crippen molar-refractivity contribution in [3.8, 4) is 0 Å². The second-order valence-corrected chi connectivity index (χ2v) is 5.45. The molecule has 1 rings (SSSR count). The number of aliphatic hydroxyl groups excluding tert-OH is 1. The maximum Gasteiger partial charge on any atom is 0.309 e. The molecule has 0 bridgehead atoms. The van der Waals surface area contributed by atoms with Crippen LogP contribution in [-0.4, -0.2) is 23.3 Å². The van der Waals surface area contributed by atoms with Crippen LogP contribution in [-0.2, 0) is 9.53 Å². The number of carbonyl (C=O) groups excluding carboxylic acids is 1. The van der Waals surface area contributed by atoms with Crippen molar-refractivity contribution in [3.05, 3.63) is 0 Å². The minimum absolute atomic E-state index is 0.00451. The van der Waals surface area contributed by atoms with Crippen LogP contribution in [0.5, 0.6) is 0 Å². The number of hydrogen-bond acceptors (Lipinski definition) is 3. The van der Waals surface area contributed by atoms with Crippen molar-refractivity contribution in [3.63, 3.8) is 0 Å². The van der Waals surface area contributed by atoms with Gasteiger partial charge in [-0.05, 0) is 46.0 Å². The van der Waals surface area contributed by atoms with Crippen molar-refractivity contribution in [2.75, 3.05) is 6.61 Å². The normalized spacial score (nSPS) is 27.5. The van der Waals surface area contributed by atoms with E-state index in [0.717, 1.165) is 25.7 Å². The Morgan fingerprint density at radius 1 is 1.40 bits per heavy atom. The molecule has 2 atom stereocenters. The van der Waals surface area contributed by atoms with E-state index in [1.807, 2.05) is 20.8 Å². The fourth-order valence-electron chi connectivity index (χ4n) is 2.06. The summed E-state index contributed by atoms with van der Waals surface area (Å²) in [6.07, 6.45) is 3.75. The number of hydrogen-bond donors (Lipinski definition) is 1. The van der Waals surface area contributed by atoms with Gasteiger partial charge in [0.2, 0.25) is 0 Å². The quantitative estimate of drug-likeness (QED) is 0.716. The largest absolute Gasteiger partial charge is 0.460 e. The van der Waals surface area contributed by atoms with Gasteiger partial charge < -0.3 is 9.84 Å². The maximum atomic E-state index is 11.8. The van der Waals surface area contributed by atoms with Crippen LogP contribution in [0.4, 0.5) is 0 Å². The third kappa shape index (κ3) is 4.20. The van der Waals surface area contributed by atoms with E-state index in [4.69, 9.17) is 9.84 Å². The highest BCUT2D eigenvalue weighted by Crippen LogP contribution is 2.30. The number of aliphatic hydroxyl groups is 1. The van der Waals surface area contributed by atoms with E-state index in [1.165, 1.54) is 0 Å². The molecular weight excluding hydrogens is 192 g/mol. The number of esters is 1. The van der Waals surface area contributed by atoms with Crippen LogP contribution < -0.4 is 0 Å². The fraction of sp³-hybridized carbons (Fsp3) is 0.917. The lowest BCUT2D eigenvalue weighted by Crippen LogP contribution is -2.32. The third-order valence-corrected chi connectivity index (χ3v) is 2.78. The summed E-state index contributed by atoms with van der Waals surface area (Å²) in [5.74, 6) is 0.187. The first kappa shape index (κ1) is 12.5. The summed E-state index contributed by atoms with van der Waals surface area (Å²) >= 11 is 0. The van der Waals surface area contributed by atoms with Crippen molar-refractivity contribution < 1.29 is 14.6 Å². The highest BCUT2D eigenvalue weighted by atomic mass is 16.6. The minimum atomic E-state index is -0.400. The van der Waals surface area contributed by atoms with Crippen LogP contribution in [0.3, 0.4) is 0 Å². The van der Waals surface area contributed by atoms with Gasteiger partial charge in [-0.3, -0.25) is 4.79 Å². The zero-order chi connectivity index (χ0) is 11.5. The first-order valence-electron chi connectivity index (χ1n) is 5.76. The Morgan fingerprint density at radius 2 is 2.07 bits per heavy atom. The van der Waals surface area contributed by atoms with E-state index in [-0.39, 0.29) is 24.4 Å². The van der Waals surface area contributed by atoms with E-state index >= 15 is 0 Å². The van der Waals surface area contributed by atoms with Crippen molar-refractivity contribution in [2.45, 2.75) is 52.1 Å². The fourth-order valence-corrected chi connectivity index (χ4v) is 2.06. The van der Waals surface area contributed by atoms with Crippen molar-refractivity contribution in [1.82, 2.24) is 0 Å². The van der Waals surface area contributed by atoms with Gasteiger partial charge in [-0.2, -0.15) is 0 Å². The predicted molar refractivity (Wildman–Crippen MR) is 58.4 cm³/mol. The molecule has 0 aromatic rings. The lowest BCUT2D eigenvalue weighted by atomic mass is 9.82. The molecule has 15 heavy (non-hydrogen) atoms. The summed E-state index contributed by atoms with van der Waals surface area (Å²) < 4.78 is 5.35. The highest BCUT2D eigenvalue weighted by Gasteiger charge is 2.30. The summed E-state index contributed by atoms with van der Waals surface area (Å²) in [6.45, 7) is 5.85. The topological polar surface area (TPSA) is 46.5 Å². The molecule has 3 nitrogen and oxygen atoms in total. The zero-order valence-corrected chi connectivity index (χ0v) is 9.95. The Morgan fingerprint density at radius 3 is 2.60 bits per heavy atom. The SMILES string of the molecule is CC(C)(C)OC(=O)C1CCCC(CO)C1. The molecule has 0 radical (unpaired) electrons. The van der Waals surface area contributed by atoms with E-state index in [2.05, 4.69) is 0 Å². The number of rotatable bonds is 2. The van der Waals surface area contributed by atoms with Crippen molar-refractivity contribution in [2.24, 2.45) is 11.8 Å². The van der Waals surface area contributed by atoms with Gasteiger partial charge in [0.25, 0.3) is 0 Å². The van der Waals surface area contributed by atoms with Gasteiger partial charge in [0.15, 0.2) is 0 Å². The Kier molecular flexibility index (Phi) is 4.14. The molecule has 1 N–H and O–H groups in total. The van der Waals surface area contributed by atoms with E-state index in [9.17, 15) is 4.79 Å². The maximum absolute atomic E-state index is 11.8. The lowest BCUT2D eigenvalue weighted by Gasteiger charge is -2.29.